The molecule has 1 aromatic heterocycles. The van der Waals surface area contributed by atoms with Crippen molar-refractivity contribution in [3.05, 3.63) is 47.6 Å². The van der Waals surface area contributed by atoms with Gasteiger partial charge in [-0.05, 0) is 36.4 Å². The fourth-order valence-corrected chi connectivity index (χ4v) is 3.20. The monoisotopic (exact) mass is 345 g/mol. The first-order valence-electron chi connectivity index (χ1n) is 7.18. The Hall–Kier alpha value is -2.60. The lowest BCUT2D eigenvalue weighted by Gasteiger charge is -2.08. The van der Waals surface area contributed by atoms with Gasteiger partial charge >= 0.3 is 0 Å². The van der Waals surface area contributed by atoms with Crippen LogP contribution in [0.1, 0.15) is 0 Å². The number of benzene rings is 2. The first-order valence-corrected chi connectivity index (χ1v) is 8.06. The van der Waals surface area contributed by atoms with Crippen molar-refractivity contribution in [3.63, 3.8) is 0 Å². The molecule has 4 nitrogen and oxygen atoms in total. The van der Waals surface area contributed by atoms with Crippen molar-refractivity contribution < 1.29 is 18.6 Å². The lowest BCUT2D eigenvalue weighted by Crippen LogP contribution is -1.91. The van der Waals surface area contributed by atoms with Crippen molar-refractivity contribution in [2.45, 2.75) is 0 Å². The van der Waals surface area contributed by atoms with E-state index in [0.717, 1.165) is 10.6 Å². The number of halogens is 1. The number of nitrogens with zero attached hydrogens (tertiary/aromatic N) is 1. The summed E-state index contributed by atoms with van der Waals surface area (Å²) in [6, 6.07) is 9.99. The fourth-order valence-electron chi connectivity index (χ4n) is 2.38. The highest BCUT2D eigenvalue weighted by atomic mass is 32.1. The molecule has 0 aliphatic heterocycles. The molecule has 0 spiro atoms. The summed E-state index contributed by atoms with van der Waals surface area (Å²) in [7, 11) is 4.74. The third kappa shape index (κ3) is 3.05. The highest BCUT2D eigenvalue weighted by Crippen LogP contribution is 2.37. The van der Waals surface area contributed by atoms with E-state index in [9.17, 15) is 4.39 Å². The molecule has 1 heterocycles. The van der Waals surface area contributed by atoms with Crippen LogP contribution in [-0.4, -0.2) is 26.3 Å². The lowest BCUT2D eigenvalue weighted by atomic mass is 10.1. The second-order valence-electron chi connectivity index (χ2n) is 4.95. The van der Waals surface area contributed by atoms with Gasteiger partial charge in [-0.1, -0.05) is 0 Å². The van der Waals surface area contributed by atoms with Gasteiger partial charge in [0.2, 0.25) is 0 Å². The number of hydrogen-bond acceptors (Lipinski definition) is 5. The summed E-state index contributed by atoms with van der Waals surface area (Å²) >= 11 is 1.47. The van der Waals surface area contributed by atoms with E-state index in [-0.39, 0.29) is 5.82 Å². The summed E-state index contributed by atoms with van der Waals surface area (Å²) in [5.41, 5.74) is 2.20. The molecular formula is C18H16FNO3S. The van der Waals surface area contributed by atoms with Gasteiger partial charge in [0.15, 0.2) is 11.5 Å². The summed E-state index contributed by atoms with van der Waals surface area (Å²) in [5, 5.41) is 2.68. The quantitative estimate of drug-likeness (QED) is 0.675. The molecule has 0 aliphatic carbocycles. The molecule has 6 heteroatoms. The van der Waals surface area contributed by atoms with Crippen LogP contribution in [0.4, 0.5) is 4.39 Å². The molecule has 3 aromatic rings. The van der Waals surface area contributed by atoms with Crippen molar-refractivity contribution in [1.29, 1.82) is 0 Å². The third-order valence-electron chi connectivity index (χ3n) is 3.57. The zero-order valence-corrected chi connectivity index (χ0v) is 14.3. The van der Waals surface area contributed by atoms with E-state index in [1.54, 1.807) is 27.4 Å². The van der Waals surface area contributed by atoms with E-state index in [2.05, 4.69) is 4.98 Å². The molecular weight excluding hydrogens is 329 g/mol. The van der Waals surface area contributed by atoms with Crippen molar-refractivity contribution in [1.82, 2.24) is 4.98 Å². The Morgan fingerprint density at radius 1 is 0.875 bits per heavy atom. The van der Waals surface area contributed by atoms with E-state index < -0.39 is 0 Å². The minimum Gasteiger partial charge on any atom is -0.496 e. The van der Waals surface area contributed by atoms with Crippen LogP contribution in [0.5, 0.6) is 17.2 Å². The summed E-state index contributed by atoms with van der Waals surface area (Å²) in [5.74, 6) is 1.55. The van der Waals surface area contributed by atoms with Gasteiger partial charge in [0.25, 0.3) is 0 Å². The number of ether oxygens (including phenoxy) is 3. The Bertz CT molecular complexity index is 863. The zero-order valence-electron chi connectivity index (χ0n) is 13.5. The standard InChI is InChI=1S/C18H16FNO3S/c1-21-15-7-5-12(19)9-13(15)14-10-24-18(20-14)11-4-6-16(22-2)17(8-11)23-3/h4-10H,1-3H3. The maximum absolute atomic E-state index is 13.6. The third-order valence-corrected chi connectivity index (χ3v) is 4.46. The Morgan fingerprint density at radius 3 is 2.29 bits per heavy atom. The van der Waals surface area contributed by atoms with Crippen LogP contribution in [-0.2, 0) is 0 Å². The fraction of sp³-hybridized carbons (Fsp3) is 0.167. The lowest BCUT2D eigenvalue weighted by molar-refractivity contribution is 0.355. The van der Waals surface area contributed by atoms with E-state index in [0.29, 0.717) is 28.5 Å². The van der Waals surface area contributed by atoms with Gasteiger partial charge < -0.3 is 14.2 Å². The van der Waals surface area contributed by atoms with Gasteiger partial charge in [0.1, 0.15) is 16.6 Å². The second kappa shape index (κ2) is 6.88. The molecule has 124 valence electrons. The molecule has 0 unspecified atom stereocenters. The molecule has 0 bridgehead atoms. The summed E-state index contributed by atoms with van der Waals surface area (Å²) in [6.45, 7) is 0. The molecule has 2 aromatic carbocycles. The van der Waals surface area contributed by atoms with Gasteiger partial charge in [-0.15, -0.1) is 11.3 Å². The predicted octanol–water partition coefficient (Wildman–Crippen LogP) is 4.64. The smallest absolute Gasteiger partial charge is 0.161 e. The van der Waals surface area contributed by atoms with Gasteiger partial charge in [0.05, 0.1) is 27.0 Å². The van der Waals surface area contributed by atoms with Crippen molar-refractivity contribution in [3.8, 4) is 39.1 Å². The molecule has 24 heavy (non-hydrogen) atoms. The van der Waals surface area contributed by atoms with E-state index in [1.165, 1.54) is 23.5 Å². The Kier molecular flexibility index (Phi) is 4.66. The molecule has 3 rings (SSSR count). The number of hydrogen-bond donors (Lipinski definition) is 0. The van der Waals surface area contributed by atoms with Gasteiger partial charge in [-0.3, -0.25) is 0 Å². The maximum atomic E-state index is 13.6. The van der Waals surface area contributed by atoms with Gasteiger partial charge in [-0.25, -0.2) is 9.37 Å². The first kappa shape index (κ1) is 16.3. The topological polar surface area (TPSA) is 40.6 Å². The van der Waals surface area contributed by atoms with Crippen LogP contribution < -0.4 is 14.2 Å². The molecule has 0 saturated heterocycles. The maximum Gasteiger partial charge on any atom is 0.161 e. The minimum atomic E-state index is -0.327. The minimum absolute atomic E-state index is 0.327. The van der Waals surface area contributed by atoms with Crippen LogP contribution in [0.2, 0.25) is 0 Å². The molecule has 0 atom stereocenters. The van der Waals surface area contributed by atoms with E-state index in [4.69, 9.17) is 14.2 Å². The Labute approximate surface area is 143 Å². The number of thiazole rings is 1. The average molecular weight is 345 g/mol. The number of rotatable bonds is 5. The zero-order chi connectivity index (χ0) is 17.1. The average Bonchev–Trinajstić information content (AvgIpc) is 3.11. The summed E-state index contributed by atoms with van der Waals surface area (Å²) in [6.07, 6.45) is 0. The van der Waals surface area contributed by atoms with Crippen LogP contribution in [0.3, 0.4) is 0 Å². The highest BCUT2D eigenvalue weighted by molar-refractivity contribution is 7.13. The molecule has 0 fully saturated rings. The molecule has 0 saturated carbocycles. The van der Waals surface area contributed by atoms with E-state index in [1.807, 2.05) is 23.6 Å². The molecule has 0 amide bonds. The SMILES string of the molecule is COc1ccc(-c2nc(-c3cc(F)ccc3OC)cs2)cc1OC. The largest absolute Gasteiger partial charge is 0.496 e. The van der Waals surface area contributed by atoms with Crippen LogP contribution >= 0.6 is 11.3 Å². The number of aromatic nitrogens is 1. The summed E-state index contributed by atoms with van der Waals surface area (Å²) in [4.78, 5) is 4.61. The van der Waals surface area contributed by atoms with Crippen molar-refractivity contribution >= 4 is 11.3 Å². The normalized spacial score (nSPS) is 10.5. The van der Waals surface area contributed by atoms with Crippen molar-refractivity contribution in [2.24, 2.45) is 0 Å². The second-order valence-corrected chi connectivity index (χ2v) is 5.81. The van der Waals surface area contributed by atoms with Gasteiger partial charge in [0, 0.05) is 16.5 Å². The predicted molar refractivity (Wildman–Crippen MR) is 92.6 cm³/mol. The molecule has 0 aliphatic rings. The van der Waals surface area contributed by atoms with Crippen LogP contribution in [0.15, 0.2) is 41.8 Å². The van der Waals surface area contributed by atoms with Crippen molar-refractivity contribution in [2.75, 3.05) is 21.3 Å². The Balaban J connectivity index is 2.01. The number of methoxy groups -OCH3 is 3. The highest BCUT2D eigenvalue weighted by Gasteiger charge is 2.13. The van der Waals surface area contributed by atoms with Crippen LogP contribution in [0, 0.1) is 5.82 Å². The van der Waals surface area contributed by atoms with Gasteiger partial charge in [-0.2, -0.15) is 0 Å². The van der Waals surface area contributed by atoms with E-state index >= 15 is 0 Å². The summed E-state index contributed by atoms with van der Waals surface area (Å²) < 4.78 is 29.4. The first-order chi connectivity index (χ1) is 11.7. The molecule has 0 radical (unpaired) electrons. The molecule has 0 N–H and O–H groups in total. The Morgan fingerprint density at radius 2 is 1.58 bits per heavy atom. The van der Waals surface area contributed by atoms with Crippen LogP contribution in [0.25, 0.3) is 21.8 Å².